The number of aliphatic hydroxyl groups excluding tert-OH is 1. The summed E-state index contributed by atoms with van der Waals surface area (Å²) in [5, 5.41) is 12.1. The van der Waals surface area contributed by atoms with Gasteiger partial charge in [-0.25, -0.2) is 4.98 Å². The van der Waals surface area contributed by atoms with E-state index in [4.69, 9.17) is 5.11 Å². The van der Waals surface area contributed by atoms with E-state index in [1.165, 1.54) is 0 Å². The molecule has 0 aliphatic heterocycles. The van der Waals surface area contributed by atoms with E-state index in [2.05, 4.69) is 10.3 Å². The van der Waals surface area contributed by atoms with Gasteiger partial charge in [-0.05, 0) is 25.5 Å². The Morgan fingerprint density at radius 3 is 2.85 bits per heavy atom. The van der Waals surface area contributed by atoms with Gasteiger partial charge in [-0.3, -0.25) is 0 Å². The smallest absolute Gasteiger partial charge is 0.126 e. The molecule has 0 saturated carbocycles. The standard InChI is InChI=1S/C10H16N2O/c1-3-9(7-13)12-10-6-4-5-8(2)11-10/h4-6,9,13H,3,7H2,1-2H3,(H,11,12). The maximum Gasteiger partial charge on any atom is 0.126 e. The second-order valence-electron chi connectivity index (χ2n) is 3.10. The van der Waals surface area contributed by atoms with E-state index in [0.717, 1.165) is 17.9 Å². The van der Waals surface area contributed by atoms with E-state index < -0.39 is 0 Å². The van der Waals surface area contributed by atoms with Crippen LogP contribution in [-0.4, -0.2) is 22.7 Å². The maximum atomic E-state index is 8.97. The van der Waals surface area contributed by atoms with Gasteiger partial charge in [0.05, 0.1) is 12.6 Å². The summed E-state index contributed by atoms with van der Waals surface area (Å²) in [4.78, 5) is 4.29. The largest absolute Gasteiger partial charge is 0.394 e. The highest BCUT2D eigenvalue weighted by molar-refractivity contribution is 5.36. The first-order chi connectivity index (χ1) is 6.26. The Bertz CT molecular complexity index is 259. The average molecular weight is 180 g/mol. The Labute approximate surface area is 78.8 Å². The molecule has 0 radical (unpaired) electrons. The van der Waals surface area contributed by atoms with Crippen molar-refractivity contribution in [1.82, 2.24) is 4.98 Å². The molecule has 1 unspecified atom stereocenters. The highest BCUT2D eigenvalue weighted by atomic mass is 16.3. The van der Waals surface area contributed by atoms with Crippen LogP contribution in [-0.2, 0) is 0 Å². The SMILES string of the molecule is CCC(CO)Nc1cccc(C)n1. The summed E-state index contributed by atoms with van der Waals surface area (Å²) in [5.41, 5.74) is 0.984. The minimum Gasteiger partial charge on any atom is -0.394 e. The third-order valence-electron chi connectivity index (χ3n) is 1.95. The van der Waals surface area contributed by atoms with Gasteiger partial charge < -0.3 is 10.4 Å². The number of aromatic nitrogens is 1. The number of aryl methyl sites for hydroxylation is 1. The van der Waals surface area contributed by atoms with Crippen LogP contribution in [0.1, 0.15) is 19.0 Å². The van der Waals surface area contributed by atoms with Gasteiger partial charge in [0.1, 0.15) is 5.82 Å². The minimum atomic E-state index is 0.106. The van der Waals surface area contributed by atoms with Crippen LogP contribution in [0, 0.1) is 6.92 Å². The number of nitrogens with zero attached hydrogens (tertiary/aromatic N) is 1. The molecule has 3 nitrogen and oxygen atoms in total. The van der Waals surface area contributed by atoms with Gasteiger partial charge in [0.25, 0.3) is 0 Å². The monoisotopic (exact) mass is 180 g/mol. The fraction of sp³-hybridized carbons (Fsp3) is 0.500. The van der Waals surface area contributed by atoms with Crippen molar-refractivity contribution in [2.75, 3.05) is 11.9 Å². The van der Waals surface area contributed by atoms with E-state index in [1.54, 1.807) is 0 Å². The van der Waals surface area contributed by atoms with Crippen molar-refractivity contribution in [1.29, 1.82) is 0 Å². The van der Waals surface area contributed by atoms with Gasteiger partial charge in [-0.2, -0.15) is 0 Å². The van der Waals surface area contributed by atoms with E-state index in [0.29, 0.717) is 0 Å². The lowest BCUT2D eigenvalue weighted by molar-refractivity contribution is 0.271. The number of rotatable bonds is 4. The summed E-state index contributed by atoms with van der Waals surface area (Å²) in [5.74, 6) is 0.834. The normalized spacial score (nSPS) is 12.5. The van der Waals surface area contributed by atoms with Gasteiger partial charge in [0, 0.05) is 5.69 Å². The van der Waals surface area contributed by atoms with Gasteiger partial charge in [-0.1, -0.05) is 13.0 Å². The van der Waals surface area contributed by atoms with Crippen molar-refractivity contribution >= 4 is 5.82 Å². The number of hydrogen-bond donors (Lipinski definition) is 2. The van der Waals surface area contributed by atoms with Gasteiger partial charge in [-0.15, -0.1) is 0 Å². The van der Waals surface area contributed by atoms with Crippen LogP contribution < -0.4 is 5.32 Å². The molecule has 1 aromatic heterocycles. The molecule has 2 N–H and O–H groups in total. The van der Waals surface area contributed by atoms with Gasteiger partial charge in [0.2, 0.25) is 0 Å². The van der Waals surface area contributed by atoms with E-state index >= 15 is 0 Å². The molecular weight excluding hydrogens is 164 g/mol. The third-order valence-corrected chi connectivity index (χ3v) is 1.95. The zero-order chi connectivity index (χ0) is 9.68. The Kier molecular flexibility index (Phi) is 3.71. The molecule has 1 aromatic rings. The first-order valence-corrected chi connectivity index (χ1v) is 4.57. The summed E-state index contributed by atoms with van der Waals surface area (Å²) >= 11 is 0. The van der Waals surface area contributed by atoms with E-state index in [9.17, 15) is 0 Å². The Morgan fingerprint density at radius 1 is 1.54 bits per heavy atom. The van der Waals surface area contributed by atoms with Gasteiger partial charge >= 0.3 is 0 Å². The van der Waals surface area contributed by atoms with Crippen LogP contribution in [0.3, 0.4) is 0 Å². The highest BCUT2D eigenvalue weighted by Gasteiger charge is 2.03. The van der Waals surface area contributed by atoms with E-state index in [1.807, 2.05) is 32.0 Å². The molecule has 0 saturated heterocycles. The molecule has 0 fully saturated rings. The molecular formula is C10H16N2O. The van der Waals surface area contributed by atoms with Crippen molar-refractivity contribution < 1.29 is 5.11 Å². The second-order valence-corrected chi connectivity index (χ2v) is 3.10. The van der Waals surface area contributed by atoms with Crippen LogP contribution in [0.2, 0.25) is 0 Å². The van der Waals surface area contributed by atoms with Crippen LogP contribution in [0.25, 0.3) is 0 Å². The lowest BCUT2D eigenvalue weighted by Crippen LogP contribution is -2.23. The van der Waals surface area contributed by atoms with Gasteiger partial charge in [0.15, 0.2) is 0 Å². The minimum absolute atomic E-state index is 0.106. The zero-order valence-electron chi connectivity index (χ0n) is 8.12. The average Bonchev–Trinajstić information content (AvgIpc) is 2.14. The molecule has 72 valence electrons. The Hall–Kier alpha value is -1.09. The second kappa shape index (κ2) is 4.82. The predicted molar refractivity (Wildman–Crippen MR) is 53.8 cm³/mol. The molecule has 13 heavy (non-hydrogen) atoms. The van der Waals surface area contributed by atoms with Crippen molar-refractivity contribution in [2.45, 2.75) is 26.3 Å². The number of hydrogen-bond acceptors (Lipinski definition) is 3. The van der Waals surface area contributed by atoms with Crippen LogP contribution in [0.5, 0.6) is 0 Å². The van der Waals surface area contributed by atoms with Crippen LogP contribution >= 0.6 is 0 Å². The van der Waals surface area contributed by atoms with Crippen molar-refractivity contribution in [3.05, 3.63) is 23.9 Å². The van der Waals surface area contributed by atoms with E-state index in [-0.39, 0.29) is 12.6 Å². The highest BCUT2D eigenvalue weighted by Crippen LogP contribution is 2.06. The van der Waals surface area contributed by atoms with Crippen molar-refractivity contribution in [3.8, 4) is 0 Å². The number of nitrogens with one attached hydrogen (secondary N) is 1. The molecule has 0 amide bonds. The zero-order valence-corrected chi connectivity index (χ0v) is 8.12. The fourth-order valence-corrected chi connectivity index (χ4v) is 1.11. The van der Waals surface area contributed by atoms with Crippen LogP contribution in [0.15, 0.2) is 18.2 Å². The third kappa shape index (κ3) is 3.03. The number of pyridine rings is 1. The summed E-state index contributed by atoms with van der Waals surface area (Å²) in [7, 11) is 0. The summed E-state index contributed by atoms with van der Waals surface area (Å²) in [6.45, 7) is 4.13. The molecule has 1 atom stereocenters. The maximum absolute atomic E-state index is 8.97. The first-order valence-electron chi connectivity index (χ1n) is 4.57. The van der Waals surface area contributed by atoms with Crippen LogP contribution in [0.4, 0.5) is 5.82 Å². The Balaban J connectivity index is 2.62. The molecule has 1 rings (SSSR count). The molecule has 0 aliphatic rings. The van der Waals surface area contributed by atoms with Crippen molar-refractivity contribution in [3.63, 3.8) is 0 Å². The molecule has 0 bridgehead atoms. The summed E-state index contributed by atoms with van der Waals surface area (Å²) < 4.78 is 0. The lowest BCUT2D eigenvalue weighted by Gasteiger charge is -2.14. The number of anilines is 1. The quantitative estimate of drug-likeness (QED) is 0.739. The predicted octanol–water partition coefficient (Wildman–Crippen LogP) is 1.57. The van der Waals surface area contributed by atoms with Crippen molar-refractivity contribution in [2.24, 2.45) is 0 Å². The topological polar surface area (TPSA) is 45.1 Å². The Morgan fingerprint density at radius 2 is 2.31 bits per heavy atom. The molecule has 1 heterocycles. The number of aliphatic hydroxyl groups is 1. The molecule has 0 spiro atoms. The molecule has 0 aromatic carbocycles. The first kappa shape index (κ1) is 9.99. The molecule has 3 heteroatoms. The lowest BCUT2D eigenvalue weighted by atomic mass is 10.2. The summed E-state index contributed by atoms with van der Waals surface area (Å²) in [6.07, 6.45) is 0.895. The summed E-state index contributed by atoms with van der Waals surface area (Å²) in [6, 6.07) is 5.92. The fourth-order valence-electron chi connectivity index (χ4n) is 1.11. The molecule has 0 aliphatic carbocycles.